The zero-order valence-corrected chi connectivity index (χ0v) is 11.4. The van der Waals surface area contributed by atoms with Gasteiger partial charge in [0.1, 0.15) is 4.60 Å². The van der Waals surface area contributed by atoms with E-state index < -0.39 is 0 Å². The second-order valence-corrected chi connectivity index (χ2v) is 4.66. The first kappa shape index (κ1) is 12.3. The van der Waals surface area contributed by atoms with Gasteiger partial charge in [-0.25, -0.2) is 4.98 Å². The molecule has 2 aromatic rings. The molecule has 2 rings (SSSR count). The highest BCUT2D eigenvalue weighted by Gasteiger charge is 2.02. The molecule has 0 saturated carbocycles. The number of aromatic nitrogens is 3. The second kappa shape index (κ2) is 5.42. The van der Waals surface area contributed by atoms with Crippen LogP contribution in [0.4, 0.5) is 0 Å². The number of ether oxygens (including phenoxy) is 1. The summed E-state index contributed by atoms with van der Waals surface area (Å²) in [5, 5.41) is 4.26. The van der Waals surface area contributed by atoms with Crippen LogP contribution in [0.3, 0.4) is 0 Å². The number of hydrogen-bond donors (Lipinski definition) is 0. The van der Waals surface area contributed by atoms with Crippen molar-refractivity contribution in [1.82, 2.24) is 14.8 Å². The normalized spacial score (nSPS) is 10.8. The van der Waals surface area contributed by atoms with Gasteiger partial charge < -0.3 is 4.74 Å². The van der Waals surface area contributed by atoms with Gasteiger partial charge in [0.25, 0.3) is 0 Å². The summed E-state index contributed by atoms with van der Waals surface area (Å²) in [4.78, 5) is 4.30. The molecule has 0 amide bonds. The first-order valence-electron chi connectivity index (χ1n) is 5.34. The zero-order valence-electron chi connectivity index (χ0n) is 9.85. The average molecular weight is 296 g/mol. The Morgan fingerprint density at radius 3 is 2.82 bits per heavy atom. The molecule has 0 aliphatic carbocycles. The molecule has 2 aromatic heterocycles. The van der Waals surface area contributed by atoms with E-state index in [2.05, 4.69) is 26.0 Å². The van der Waals surface area contributed by atoms with Gasteiger partial charge in [-0.1, -0.05) is 6.07 Å². The highest BCUT2D eigenvalue weighted by atomic mass is 79.9. The Morgan fingerprint density at radius 2 is 2.18 bits per heavy atom. The van der Waals surface area contributed by atoms with Crippen LogP contribution in [-0.2, 0) is 25.0 Å². The topological polar surface area (TPSA) is 39.9 Å². The summed E-state index contributed by atoms with van der Waals surface area (Å²) in [7, 11) is 1.92. The molecule has 17 heavy (non-hydrogen) atoms. The Balaban J connectivity index is 1.89. The van der Waals surface area contributed by atoms with Crippen LogP contribution in [0, 0.1) is 6.92 Å². The molecule has 0 fully saturated rings. The van der Waals surface area contributed by atoms with Crippen molar-refractivity contribution >= 4 is 15.9 Å². The van der Waals surface area contributed by atoms with Crippen molar-refractivity contribution in [2.45, 2.75) is 20.1 Å². The first-order valence-corrected chi connectivity index (χ1v) is 6.13. The molecule has 90 valence electrons. The van der Waals surface area contributed by atoms with E-state index in [9.17, 15) is 0 Å². The predicted molar refractivity (Wildman–Crippen MR) is 68.4 cm³/mol. The van der Waals surface area contributed by atoms with Crippen LogP contribution < -0.4 is 0 Å². The van der Waals surface area contributed by atoms with Gasteiger partial charge in [-0.15, -0.1) is 0 Å². The summed E-state index contributed by atoms with van der Waals surface area (Å²) in [6, 6.07) is 7.81. The molecule has 0 spiro atoms. The fourth-order valence-corrected chi connectivity index (χ4v) is 1.97. The minimum atomic E-state index is 0.504. The quantitative estimate of drug-likeness (QED) is 0.814. The number of nitrogens with zero attached hydrogens (tertiary/aromatic N) is 3. The lowest BCUT2D eigenvalue weighted by molar-refractivity contribution is 0.0994. The summed E-state index contributed by atoms with van der Waals surface area (Å²) in [5.74, 6) is 0. The SMILES string of the molecule is Cc1cc(COCc2cccc(Br)n2)n(C)n1. The Kier molecular flexibility index (Phi) is 3.91. The predicted octanol–water partition coefficient (Wildman–Crippen LogP) is 2.60. The lowest BCUT2D eigenvalue weighted by Gasteiger charge is -2.04. The molecular formula is C12H14BrN3O. The molecule has 2 heterocycles. The number of aryl methyl sites for hydroxylation is 2. The van der Waals surface area contributed by atoms with Crippen LogP contribution in [0.2, 0.25) is 0 Å². The van der Waals surface area contributed by atoms with Gasteiger partial charge in [0, 0.05) is 7.05 Å². The highest BCUT2D eigenvalue weighted by molar-refractivity contribution is 9.10. The van der Waals surface area contributed by atoms with Crippen molar-refractivity contribution in [3.8, 4) is 0 Å². The Morgan fingerprint density at radius 1 is 1.35 bits per heavy atom. The Hall–Kier alpha value is -1.20. The van der Waals surface area contributed by atoms with Gasteiger partial charge in [-0.2, -0.15) is 5.10 Å². The number of rotatable bonds is 4. The molecule has 0 aliphatic heterocycles. The molecule has 0 aromatic carbocycles. The van der Waals surface area contributed by atoms with Gasteiger partial charge >= 0.3 is 0 Å². The highest BCUT2D eigenvalue weighted by Crippen LogP contribution is 2.09. The third kappa shape index (κ3) is 3.38. The monoisotopic (exact) mass is 295 g/mol. The van der Waals surface area contributed by atoms with Crippen LogP contribution in [0.25, 0.3) is 0 Å². The summed E-state index contributed by atoms with van der Waals surface area (Å²) < 4.78 is 8.28. The maximum Gasteiger partial charge on any atom is 0.106 e. The molecule has 0 radical (unpaired) electrons. The van der Waals surface area contributed by atoms with E-state index in [-0.39, 0.29) is 0 Å². The minimum absolute atomic E-state index is 0.504. The number of halogens is 1. The minimum Gasteiger partial charge on any atom is -0.369 e. The van der Waals surface area contributed by atoms with Crippen LogP contribution in [-0.4, -0.2) is 14.8 Å². The van der Waals surface area contributed by atoms with Gasteiger partial charge in [0.15, 0.2) is 0 Å². The van der Waals surface area contributed by atoms with Crippen molar-refractivity contribution in [1.29, 1.82) is 0 Å². The molecular weight excluding hydrogens is 282 g/mol. The third-order valence-electron chi connectivity index (χ3n) is 2.37. The molecule has 0 N–H and O–H groups in total. The molecule has 0 atom stereocenters. The van der Waals surface area contributed by atoms with Crippen molar-refractivity contribution in [2.75, 3.05) is 0 Å². The first-order chi connectivity index (χ1) is 8.15. The summed E-state index contributed by atoms with van der Waals surface area (Å²) in [5.41, 5.74) is 2.99. The van der Waals surface area contributed by atoms with Crippen LogP contribution >= 0.6 is 15.9 Å². The summed E-state index contributed by atoms with van der Waals surface area (Å²) >= 11 is 3.33. The molecule has 0 bridgehead atoms. The van der Waals surface area contributed by atoms with Gasteiger partial charge in [0.2, 0.25) is 0 Å². The van der Waals surface area contributed by atoms with E-state index in [0.717, 1.165) is 21.7 Å². The fourth-order valence-electron chi connectivity index (χ4n) is 1.59. The molecule has 0 unspecified atom stereocenters. The van der Waals surface area contributed by atoms with Crippen molar-refractivity contribution in [3.05, 3.63) is 46.0 Å². The van der Waals surface area contributed by atoms with Crippen molar-refractivity contribution in [3.63, 3.8) is 0 Å². The summed E-state index contributed by atoms with van der Waals surface area (Å²) in [6.45, 7) is 3.02. The second-order valence-electron chi connectivity index (χ2n) is 3.85. The van der Waals surface area contributed by atoms with Gasteiger partial charge in [-0.3, -0.25) is 4.68 Å². The lowest BCUT2D eigenvalue weighted by atomic mass is 10.3. The molecule has 5 heteroatoms. The zero-order chi connectivity index (χ0) is 12.3. The third-order valence-corrected chi connectivity index (χ3v) is 2.81. The Bertz CT molecular complexity index is 510. The van der Waals surface area contributed by atoms with Crippen LogP contribution in [0.15, 0.2) is 28.9 Å². The van der Waals surface area contributed by atoms with Crippen LogP contribution in [0.1, 0.15) is 17.1 Å². The van der Waals surface area contributed by atoms with E-state index in [4.69, 9.17) is 4.74 Å². The van der Waals surface area contributed by atoms with Gasteiger partial charge in [0.05, 0.1) is 30.3 Å². The standard InChI is InChI=1S/C12H14BrN3O/c1-9-6-11(16(2)15-9)8-17-7-10-4-3-5-12(13)14-10/h3-6H,7-8H2,1-2H3. The van der Waals surface area contributed by atoms with E-state index in [1.165, 1.54) is 0 Å². The van der Waals surface area contributed by atoms with Crippen molar-refractivity contribution in [2.24, 2.45) is 7.05 Å². The molecule has 4 nitrogen and oxygen atoms in total. The molecule has 0 saturated heterocycles. The van der Waals surface area contributed by atoms with Crippen molar-refractivity contribution < 1.29 is 4.74 Å². The Labute approximate surface area is 109 Å². The number of hydrogen-bond acceptors (Lipinski definition) is 3. The van der Waals surface area contributed by atoms with E-state index in [1.54, 1.807) is 0 Å². The lowest BCUT2D eigenvalue weighted by Crippen LogP contribution is -2.02. The molecule has 0 aliphatic rings. The average Bonchev–Trinajstić information content (AvgIpc) is 2.58. The maximum atomic E-state index is 5.61. The fraction of sp³-hybridized carbons (Fsp3) is 0.333. The van der Waals surface area contributed by atoms with E-state index in [0.29, 0.717) is 13.2 Å². The van der Waals surface area contributed by atoms with Gasteiger partial charge in [-0.05, 0) is 41.1 Å². The van der Waals surface area contributed by atoms with E-state index >= 15 is 0 Å². The largest absolute Gasteiger partial charge is 0.369 e. The number of pyridine rings is 1. The van der Waals surface area contributed by atoms with E-state index in [1.807, 2.05) is 42.9 Å². The maximum absolute atomic E-state index is 5.61. The van der Waals surface area contributed by atoms with Crippen LogP contribution in [0.5, 0.6) is 0 Å². The summed E-state index contributed by atoms with van der Waals surface area (Å²) in [6.07, 6.45) is 0. The smallest absolute Gasteiger partial charge is 0.106 e.